The number of rotatable bonds is 1. The van der Waals surface area contributed by atoms with Gasteiger partial charge in [-0.1, -0.05) is 12.1 Å². The number of alkyl halides is 3. The standard InChI is InChI=1S/C16H12F3N3O2/c1-7-11-12(8-2-4-9(5-3-8)16(17,18)19)13-10(6-24-15(13)23)20-14(11)22-21-7/h2-5,12H,6H2,1H3,(H2,20,21,22)/t12-/m0/s1. The number of nitrogens with one attached hydrogen (secondary N) is 2. The summed E-state index contributed by atoms with van der Waals surface area (Å²) in [5.74, 6) is -0.407. The quantitative estimate of drug-likeness (QED) is 0.786. The molecule has 0 spiro atoms. The van der Waals surface area contributed by atoms with Crippen LogP contribution < -0.4 is 5.32 Å². The summed E-state index contributed by atoms with van der Waals surface area (Å²) in [6.07, 6.45) is -4.40. The lowest BCUT2D eigenvalue weighted by molar-refractivity contribution is -0.138. The van der Waals surface area contributed by atoms with Gasteiger partial charge in [0.25, 0.3) is 0 Å². The summed E-state index contributed by atoms with van der Waals surface area (Å²) in [4.78, 5) is 12.1. The number of hydrogen-bond acceptors (Lipinski definition) is 4. The molecule has 8 heteroatoms. The van der Waals surface area contributed by atoms with E-state index in [1.54, 1.807) is 6.92 Å². The molecule has 1 aromatic carbocycles. The second-order valence-corrected chi connectivity index (χ2v) is 5.76. The van der Waals surface area contributed by atoms with Crippen molar-refractivity contribution in [3.8, 4) is 0 Å². The van der Waals surface area contributed by atoms with Crippen LogP contribution in [0.2, 0.25) is 0 Å². The van der Waals surface area contributed by atoms with Crippen molar-refractivity contribution in [2.45, 2.75) is 19.0 Å². The van der Waals surface area contributed by atoms with Crippen LogP contribution in [0.25, 0.3) is 0 Å². The highest BCUT2D eigenvalue weighted by Crippen LogP contribution is 2.45. The van der Waals surface area contributed by atoms with Crippen molar-refractivity contribution >= 4 is 11.8 Å². The van der Waals surface area contributed by atoms with E-state index in [1.165, 1.54) is 12.1 Å². The zero-order valence-electron chi connectivity index (χ0n) is 12.5. The Kier molecular flexibility index (Phi) is 3.00. The number of halogens is 3. The SMILES string of the molecule is Cc1[nH]nc2c1[C@H](c1ccc(C(F)(F)F)cc1)C1=C(COC1=O)N2. The highest BCUT2D eigenvalue weighted by Gasteiger charge is 2.41. The average molecular weight is 335 g/mol. The van der Waals surface area contributed by atoms with Gasteiger partial charge in [-0.3, -0.25) is 5.10 Å². The number of nitrogens with zero attached hydrogens (tertiary/aromatic N) is 1. The van der Waals surface area contributed by atoms with E-state index >= 15 is 0 Å². The van der Waals surface area contributed by atoms with Crippen molar-refractivity contribution in [3.63, 3.8) is 0 Å². The molecule has 0 saturated carbocycles. The number of cyclic esters (lactones) is 1. The second kappa shape index (κ2) is 4.86. The van der Waals surface area contributed by atoms with E-state index in [9.17, 15) is 18.0 Å². The van der Waals surface area contributed by atoms with Crippen LogP contribution in [0.15, 0.2) is 35.5 Å². The Morgan fingerprint density at radius 1 is 1.25 bits per heavy atom. The minimum absolute atomic E-state index is 0.108. The summed E-state index contributed by atoms with van der Waals surface area (Å²) >= 11 is 0. The summed E-state index contributed by atoms with van der Waals surface area (Å²) in [6, 6.07) is 4.83. The third kappa shape index (κ3) is 2.10. The molecular weight excluding hydrogens is 323 g/mol. The summed E-state index contributed by atoms with van der Waals surface area (Å²) in [5.41, 5.74) is 2.37. The molecule has 2 aliphatic rings. The molecule has 2 aliphatic heterocycles. The van der Waals surface area contributed by atoms with Crippen molar-refractivity contribution in [2.75, 3.05) is 11.9 Å². The van der Waals surface area contributed by atoms with Crippen molar-refractivity contribution in [1.82, 2.24) is 10.2 Å². The molecular formula is C16H12F3N3O2. The van der Waals surface area contributed by atoms with E-state index in [-0.39, 0.29) is 6.61 Å². The van der Waals surface area contributed by atoms with Crippen LogP contribution in [0.3, 0.4) is 0 Å². The Hall–Kier alpha value is -2.77. The van der Waals surface area contributed by atoms with Gasteiger partial charge in [0.2, 0.25) is 0 Å². The topological polar surface area (TPSA) is 67.0 Å². The number of H-pyrrole nitrogens is 1. The van der Waals surface area contributed by atoms with Crippen molar-refractivity contribution in [2.24, 2.45) is 0 Å². The molecule has 0 amide bonds. The first-order valence-electron chi connectivity index (χ1n) is 7.25. The Labute approximate surface area is 134 Å². The van der Waals surface area contributed by atoms with E-state index < -0.39 is 23.6 Å². The van der Waals surface area contributed by atoms with Gasteiger partial charge < -0.3 is 10.1 Å². The van der Waals surface area contributed by atoms with E-state index in [1.807, 2.05) is 0 Å². The largest absolute Gasteiger partial charge is 0.456 e. The molecule has 3 heterocycles. The smallest absolute Gasteiger partial charge is 0.416 e. The first kappa shape index (κ1) is 14.8. The molecule has 0 radical (unpaired) electrons. The number of aromatic nitrogens is 2. The molecule has 5 nitrogen and oxygen atoms in total. The number of carbonyl (C=O) groups is 1. The van der Waals surface area contributed by atoms with E-state index in [4.69, 9.17) is 4.74 Å². The molecule has 0 saturated heterocycles. The van der Waals surface area contributed by atoms with Crippen LogP contribution in [0.1, 0.15) is 28.3 Å². The van der Waals surface area contributed by atoms with Gasteiger partial charge in [0, 0.05) is 17.2 Å². The average Bonchev–Trinajstić information content (AvgIpc) is 3.09. The zero-order valence-corrected chi connectivity index (χ0v) is 12.5. The molecule has 0 unspecified atom stereocenters. The van der Waals surface area contributed by atoms with Crippen LogP contribution >= 0.6 is 0 Å². The highest BCUT2D eigenvalue weighted by molar-refractivity contribution is 5.97. The molecule has 0 bridgehead atoms. The number of anilines is 1. The minimum atomic E-state index is -4.40. The summed E-state index contributed by atoms with van der Waals surface area (Å²) < 4.78 is 43.4. The molecule has 1 atom stereocenters. The number of fused-ring (bicyclic) bond motifs is 1. The van der Waals surface area contributed by atoms with E-state index in [0.29, 0.717) is 22.7 Å². The number of ether oxygens (including phenoxy) is 1. The molecule has 2 aromatic rings. The fourth-order valence-corrected chi connectivity index (χ4v) is 3.18. The number of carbonyl (C=O) groups excluding carboxylic acids is 1. The number of benzene rings is 1. The van der Waals surface area contributed by atoms with Crippen LogP contribution in [0.4, 0.5) is 19.0 Å². The number of esters is 1. The Morgan fingerprint density at radius 2 is 1.96 bits per heavy atom. The van der Waals surface area contributed by atoms with E-state index in [2.05, 4.69) is 15.5 Å². The highest BCUT2D eigenvalue weighted by atomic mass is 19.4. The maximum atomic E-state index is 12.8. The van der Waals surface area contributed by atoms with Crippen LogP contribution in [0.5, 0.6) is 0 Å². The monoisotopic (exact) mass is 335 g/mol. The van der Waals surface area contributed by atoms with Crippen molar-refractivity contribution in [3.05, 3.63) is 57.9 Å². The molecule has 1 aromatic heterocycles. The van der Waals surface area contributed by atoms with Gasteiger partial charge in [0.05, 0.1) is 16.8 Å². The Bertz CT molecular complexity index is 866. The van der Waals surface area contributed by atoms with Crippen molar-refractivity contribution in [1.29, 1.82) is 0 Å². The third-order valence-electron chi connectivity index (χ3n) is 4.31. The predicted octanol–water partition coefficient (Wildman–Crippen LogP) is 3.11. The van der Waals surface area contributed by atoms with Crippen LogP contribution in [-0.4, -0.2) is 22.8 Å². The minimum Gasteiger partial charge on any atom is -0.456 e. The Morgan fingerprint density at radius 3 is 2.62 bits per heavy atom. The molecule has 0 fully saturated rings. The lowest BCUT2D eigenvalue weighted by atomic mass is 9.82. The Balaban J connectivity index is 1.85. The maximum absolute atomic E-state index is 12.8. The van der Waals surface area contributed by atoms with Crippen molar-refractivity contribution < 1.29 is 22.7 Å². The molecule has 2 N–H and O–H groups in total. The van der Waals surface area contributed by atoms with Gasteiger partial charge >= 0.3 is 12.1 Å². The van der Waals surface area contributed by atoms with E-state index in [0.717, 1.165) is 23.4 Å². The number of aromatic amines is 1. The normalized spacial score (nSPS) is 19.7. The molecule has 124 valence electrons. The first-order valence-corrected chi connectivity index (χ1v) is 7.25. The lowest BCUT2D eigenvalue weighted by Crippen LogP contribution is -2.20. The maximum Gasteiger partial charge on any atom is 0.416 e. The fourth-order valence-electron chi connectivity index (χ4n) is 3.18. The van der Waals surface area contributed by atoms with Crippen LogP contribution in [0, 0.1) is 6.92 Å². The molecule has 0 aliphatic carbocycles. The summed E-state index contributed by atoms with van der Waals surface area (Å²) in [5, 5.41) is 10.1. The number of hydrogen-bond donors (Lipinski definition) is 2. The summed E-state index contributed by atoms with van der Waals surface area (Å²) in [6.45, 7) is 1.91. The molecule has 24 heavy (non-hydrogen) atoms. The first-order chi connectivity index (χ1) is 11.4. The van der Waals surface area contributed by atoms with Gasteiger partial charge in [-0.05, 0) is 24.6 Å². The van der Waals surface area contributed by atoms with Crippen LogP contribution in [-0.2, 0) is 15.7 Å². The van der Waals surface area contributed by atoms with Gasteiger partial charge in [-0.2, -0.15) is 18.3 Å². The zero-order chi connectivity index (χ0) is 17.1. The van der Waals surface area contributed by atoms with Gasteiger partial charge in [-0.25, -0.2) is 4.79 Å². The summed E-state index contributed by atoms with van der Waals surface area (Å²) in [7, 11) is 0. The third-order valence-corrected chi connectivity index (χ3v) is 4.31. The van der Waals surface area contributed by atoms with Gasteiger partial charge in [0.1, 0.15) is 6.61 Å². The number of aryl methyl sites for hydroxylation is 1. The second-order valence-electron chi connectivity index (χ2n) is 5.76. The lowest BCUT2D eigenvalue weighted by Gasteiger charge is -2.24. The molecule has 4 rings (SSSR count). The fraction of sp³-hybridized carbons (Fsp3) is 0.250. The van der Waals surface area contributed by atoms with Gasteiger partial charge in [0.15, 0.2) is 5.82 Å². The predicted molar refractivity (Wildman–Crippen MR) is 78.2 cm³/mol. The van der Waals surface area contributed by atoms with Gasteiger partial charge in [-0.15, -0.1) is 0 Å².